The third-order valence-corrected chi connectivity index (χ3v) is 2.84. The summed E-state index contributed by atoms with van der Waals surface area (Å²) >= 11 is 0. The maximum atomic E-state index is 13.2. The van der Waals surface area contributed by atoms with Crippen LogP contribution < -0.4 is 0 Å². The van der Waals surface area contributed by atoms with Gasteiger partial charge in [-0.05, 0) is 48.7 Å². The van der Waals surface area contributed by atoms with Gasteiger partial charge < -0.3 is 4.57 Å². The van der Waals surface area contributed by atoms with Crippen LogP contribution in [-0.4, -0.2) is 4.57 Å². The van der Waals surface area contributed by atoms with Gasteiger partial charge in [-0.3, -0.25) is 0 Å². The van der Waals surface area contributed by atoms with Gasteiger partial charge in [-0.1, -0.05) is 18.7 Å². The molecule has 2 heteroatoms. The highest BCUT2D eigenvalue weighted by molar-refractivity contribution is 5.58. The Morgan fingerprint density at radius 2 is 2.12 bits per heavy atom. The molecule has 0 unspecified atom stereocenters. The highest BCUT2D eigenvalue weighted by Crippen LogP contribution is 2.16. The Kier molecular flexibility index (Phi) is 3.14. The van der Waals surface area contributed by atoms with E-state index in [9.17, 15) is 4.39 Å². The first-order valence-corrected chi connectivity index (χ1v) is 5.64. The molecule has 0 saturated carbocycles. The highest BCUT2D eigenvalue weighted by atomic mass is 19.1. The molecule has 0 aliphatic carbocycles. The predicted molar refractivity (Wildman–Crippen MR) is 69.4 cm³/mol. The second kappa shape index (κ2) is 4.58. The summed E-state index contributed by atoms with van der Waals surface area (Å²) < 4.78 is 15.3. The lowest BCUT2D eigenvalue weighted by molar-refractivity contribution is 0.616. The Labute approximate surface area is 101 Å². The number of allylic oxidation sites excluding steroid dienone is 1. The van der Waals surface area contributed by atoms with Crippen LogP contribution in [0.15, 0.2) is 43.1 Å². The van der Waals surface area contributed by atoms with Crippen molar-refractivity contribution in [3.63, 3.8) is 0 Å². The maximum Gasteiger partial charge on any atom is 0.126 e. The van der Waals surface area contributed by atoms with Gasteiger partial charge in [0, 0.05) is 18.4 Å². The quantitative estimate of drug-likeness (QED) is 0.749. The highest BCUT2D eigenvalue weighted by Gasteiger charge is 2.04. The van der Waals surface area contributed by atoms with E-state index < -0.39 is 0 Å². The smallest absolute Gasteiger partial charge is 0.126 e. The number of hydrogen-bond acceptors (Lipinski definition) is 0. The zero-order valence-electron chi connectivity index (χ0n) is 10.2. The van der Waals surface area contributed by atoms with E-state index in [0.29, 0.717) is 5.56 Å². The molecule has 0 saturated heterocycles. The molecule has 0 fully saturated rings. The molecule has 0 bridgehead atoms. The molecule has 0 spiro atoms. The Morgan fingerprint density at radius 3 is 2.76 bits per heavy atom. The second-order valence-electron chi connectivity index (χ2n) is 4.39. The van der Waals surface area contributed by atoms with E-state index >= 15 is 0 Å². The van der Waals surface area contributed by atoms with Gasteiger partial charge >= 0.3 is 0 Å². The summed E-state index contributed by atoms with van der Waals surface area (Å²) in [4.78, 5) is 0. The average Bonchev–Trinajstić information content (AvgIpc) is 2.72. The Hall–Kier alpha value is -1.83. The summed E-state index contributed by atoms with van der Waals surface area (Å²) in [5.41, 5.74) is 3.94. The second-order valence-corrected chi connectivity index (χ2v) is 4.39. The molecule has 1 nitrogen and oxygen atoms in total. The minimum Gasteiger partial charge on any atom is -0.343 e. The summed E-state index contributed by atoms with van der Waals surface area (Å²) in [6.45, 7) is 8.47. The molecule has 2 rings (SSSR count). The molecule has 1 aromatic heterocycles. The fourth-order valence-electron chi connectivity index (χ4n) is 1.94. The Balaban J connectivity index is 2.28. The molecular formula is C15H16FN. The molecule has 2 aromatic rings. The summed E-state index contributed by atoms with van der Waals surface area (Å²) in [6, 6.07) is 9.27. The molecule has 1 aromatic carbocycles. The molecule has 88 valence electrons. The van der Waals surface area contributed by atoms with Crippen LogP contribution >= 0.6 is 0 Å². The van der Waals surface area contributed by atoms with Gasteiger partial charge in [0.15, 0.2) is 0 Å². The lowest BCUT2D eigenvalue weighted by Gasteiger charge is -2.10. The van der Waals surface area contributed by atoms with Crippen molar-refractivity contribution in [2.75, 3.05) is 0 Å². The van der Waals surface area contributed by atoms with E-state index in [4.69, 9.17) is 0 Å². The Morgan fingerprint density at radius 1 is 1.35 bits per heavy atom. The summed E-state index contributed by atoms with van der Waals surface area (Å²) in [6.07, 6.45) is 2.02. The van der Waals surface area contributed by atoms with Crippen molar-refractivity contribution in [3.8, 4) is 0 Å². The largest absolute Gasteiger partial charge is 0.343 e. The molecule has 0 amide bonds. The molecule has 0 N–H and O–H groups in total. The number of hydrogen-bond donors (Lipinski definition) is 0. The third-order valence-electron chi connectivity index (χ3n) is 2.84. The fraction of sp³-hybridized carbons (Fsp3) is 0.200. The topological polar surface area (TPSA) is 4.93 Å². The van der Waals surface area contributed by atoms with E-state index in [1.807, 2.05) is 37.4 Å². The van der Waals surface area contributed by atoms with Crippen molar-refractivity contribution in [3.05, 3.63) is 65.7 Å². The average molecular weight is 229 g/mol. The number of benzene rings is 1. The van der Waals surface area contributed by atoms with Gasteiger partial charge in [-0.25, -0.2) is 4.39 Å². The first kappa shape index (κ1) is 11.6. The SMILES string of the molecule is C=C(C)c1cccn1Cc1ccc(F)c(C)c1. The molecule has 0 aliphatic rings. The fourth-order valence-corrected chi connectivity index (χ4v) is 1.94. The van der Waals surface area contributed by atoms with Crippen molar-refractivity contribution in [1.82, 2.24) is 4.57 Å². The number of aryl methyl sites for hydroxylation is 1. The summed E-state index contributed by atoms with van der Waals surface area (Å²) in [5, 5.41) is 0. The van der Waals surface area contributed by atoms with Crippen LogP contribution in [0.4, 0.5) is 4.39 Å². The number of rotatable bonds is 3. The maximum absolute atomic E-state index is 13.2. The number of nitrogens with zero attached hydrogens (tertiary/aromatic N) is 1. The minimum atomic E-state index is -0.151. The lowest BCUT2D eigenvalue weighted by atomic mass is 10.1. The molecule has 0 radical (unpaired) electrons. The molecule has 0 atom stereocenters. The molecular weight excluding hydrogens is 213 g/mol. The van der Waals surface area contributed by atoms with Crippen molar-refractivity contribution in [2.45, 2.75) is 20.4 Å². The van der Waals surface area contributed by atoms with Crippen molar-refractivity contribution in [1.29, 1.82) is 0 Å². The number of aromatic nitrogens is 1. The normalized spacial score (nSPS) is 10.5. The van der Waals surface area contributed by atoms with Gasteiger partial charge in [-0.2, -0.15) is 0 Å². The van der Waals surface area contributed by atoms with E-state index in [-0.39, 0.29) is 5.82 Å². The summed E-state index contributed by atoms with van der Waals surface area (Å²) in [5.74, 6) is -0.151. The van der Waals surface area contributed by atoms with Crippen LogP contribution in [0.1, 0.15) is 23.7 Å². The zero-order valence-corrected chi connectivity index (χ0v) is 10.2. The predicted octanol–water partition coefficient (Wildman–Crippen LogP) is 4.02. The van der Waals surface area contributed by atoms with E-state index in [2.05, 4.69) is 11.1 Å². The van der Waals surface area contributed by atoms with Crippen molar-refractivity contribution in [2.24, 2.45) is 0 Å². The van der Waals surface area contributed by atoms with E-state index in [0.717, 1.165) is 23.4 Å². The van der Waals surface area contributed by atoms with Crippen LogP contribution in [0.3, 0.4) is 0 Å². The Bertz CT molecular complexity index is 552. The van der Waals surface area contributed by atoms with Crippen LogP contribution in [0.5, 0.6) is 0 Å². The van der Waals surface area contributed by atoms with Gasteiger partial charge in [0.1, 0.15) is 5.82 Å². The molecule has 0 aliphatic heterocycles. The lowest BCUT2D eigenvalue weighted by Crippen LogP contribution is -2.02. The first-order chi connectivity index (χ1) is 8.08. The molecule has 1 heterocycles. The van der Waals surface area contributed by atoms with Crippen LogP contribution in [0.2, 0.25) is 0 Å². The zero-order chi connectivity index (χ0) is 12.4. The third kappa shape index (κ3) is 2.47. The molecule has 17 heavy (non-hydrogen) atoms. The van der Waals surface area contributed by atoms with Crippen molar-refractivity contribution >= 4 is 5.57 Å². The van der Waals surface area contributed by atoms with Gasteiger partial charge in [0.05, 0.1) is 0 Å². The van der Waals surface area contributed by atoms with Gasteiger partial charge in [0.25, 0.3) is 0 Å². The standard InChI is InChI=1S/C15H16FN/c1-11(2)15-5-4-8-17(15)10-13-6-7-14(16)12(3)9-13/h4-9H,1,10H2,2-3H3. The van der Waals surface area contributed by atoms with Crippen LogP contribution in [0, 0.1) is 12.7 Å². The minimum absolute atomic E-state index is 0.151. The van der Waals surface area contributed by atoms with Crippen molar-refractivity contribution < 1.29 is 4.39 Å². The van der Waals surface area contributed by atoms with Gasteiger partial charge in [0.2, 0.25) is 0 Å². The van der Waals surface area contributed by atoms with Gasteiger partial charge in [-0.15, -0.1) is 0 Å². The van der Waals surface area contributed by atoms with E-state index in [1.165, 1.54) is 6.07 Å². The van der Waals surface area contributed by atoms with Crippen LogP contribution in [-0.2, 0) is 6.54 Å². The summed E-state index contributed by atoms with van der Waals surface area (Å²) in [7, 11) is 0. The van der Waals surface area contributed by atoms with Crippen LogP contribution in [0.25, 0.3) is 5.57 Å². The monoisotopic (exact) mass is 229 g/mol. The van der Waals surface area contributed by atoms with E-state index in [1.54, 1.807) is 6.92 Å². The number of halogens is 1. The first-order valence-electron chi connectivity index (χ1n) is 5.64.